The zero-order valence-corrected chi connectivity index (χ0v) is 17.4. The molecule has 0 bridgehead atoms. The Bertz CT molecular complexity index is 707. The van der Waals surface area contributed by atoms with E-state index in [9.17, 15) is 13.2 Å². The van der Waals surface area contributed by atoms with Crippen LogP contribution in [0, 0.1) is 12.8 Å². The van der Waals surface area contributed by atoms with Crippen LogP contribution in [0.15, 0.2) is 29.2 Å². The minimum Gasteiger partial charge on any atom is -0.273 e. The van der Waals surface area contributed by atoms with Gasteiger partial charge in [0.25, 0.3) is 10.0 Å². The maximum Gasteiger partial charge on any atom is 0.267 e. The number of rotatable bonds is 10. The molecule has 1 amide bonds. The lowest BCUT2D eigenvalue weighted by Gasteiger charge is -2.52. The maximum absolute atomic E-state index is 12.9. The maximum atomic E-state index is 12.9. The van der Waals surface area contributed by atoms with Gasteiger partial charge in [0.05, 0.1) is 16.4 Å². The van der Waals surface area contributed by atoms with Crippen molar-refractivity contribution in [1.29, 1.82) is 0 Å². The molecular weight excluding hydrogens is 346 g/mol. The van der Waals surface area contributed by atoms with Crippen LogP contribution in [-0.4, -0.2) is 24.2 Å². The Morgan fingerprint density at radius 2 is 1.50 bits per heavy atom. The van der Waals surface area contributed by atoms with Gasteiger partial charge < -0.3 is 0 Å². The first-order chi connectivity index (χ1) is 12.2. The van der Waals surface area contributed by atoms with Crippen LogP contribution in [0.25, 0.3) is 0 Å². The third-order valence-corrected chi connectivity index (χ3v) is 7.53. The number of hydrogen-bond acceptors (Lipinski definition) is 3. The lowest BCUT2D eigenvalue weighted by atomic mass is 9.75. The van der Waals surface area contributed by atoms with E-state index in [1.807, 2.05) is 20.8 Å². The summed E-state index contributed by atoms with van der Waals surface area (Å²) in [5.74, 6) is -0.445. The zero-order valence-electron chi connectivity index (χ0n) is 16.6. The number of amides is 1. The largest absolute Gasteiger partial charge is 0.273 e. The minimum atomic E-state index is -3.77. The number of sulfonamides is 1. The van der Waals surface area contributed by atoms with Crippen molar-refractivity contribution in [2.45, 2.75) is 89.5 Å². The Morgan fingerprint density at radius 3 is 2.04 bits per heavy atom. The minimum absolute atomic E-state index is 0.193. The Balaban J connectivity index is 1.93. The molecule has 1 atom stereocenters. The molecule has 146 valence electrons. The normalized spacial score (nSPS) is 19.5. The summed E-state index contributed by atoms with van der Waals surface area (Å²) in [5, 5.41) is 0. The van der Waals surface area contributed by atoms with Gasteiger partial charge in [-0.1, -0.05) is 69.6 Å². The molecule has 1 aromatic rings. The van der Waals surface area contributed by atoms with Crippen molar-refractivity contribution in [1.82, 2.24) is 4.31 Å². The fraction of sp³-hybridized carbons (Fsp3) is 0.667. The average molecular weight is 380 g/mol. The Hall–Kier alpha value is -1.36. The Kier molecular flexibility index (Phi) is 6.89. The standard InChI is InChI=1S/C21H33NO3S/c1-5-6-7-8-9-10-11-12-19-20(23)22(21(19,3)4)26(24,25)18-15-13-17(2)14-16-18/h13-16,19H,5-12H2,1-4H3. The summed E-state index contributed by atoms with van der Waals surface area (Å²) in [5.41, 5.74) is 0.346. The molecule has 1 heterocycles. The highest BCUT2D eigenvalue weighted by molar-refractivity contribution is 7.89. The second-order valence-electron chi connectivity index (χ2n) is 8.04. The molecule has 1 saturated heterocycles. The number of β-lactam (4-membered cyclic amide) rings is 1. The molecule has 0 aromatic heterocycles. The van der Waals surface area contributed by atoms with Crippen LogP contribution in [0.4, 0.5) is 0 Å². The van der Waals surface area contributed by atoms with Crippen LogP contribution in [0.3, 0.4) is 0 Å². The predicted octanol–water partition coefficient (Wildman–Crippen LogP) is 5.06. The molecule has 26 heavy (non-hydrogen) atoms. The molecular formula is C21H33NO3S. The van der Waals surface area contributed by atoms with E-state index in [-0.39, 0.29) is 16.7 Å². The number of carbonyl (C=O) groups excluding carboxylic acids is 1. The van der Waals surface area contributed by atoms with Crippen LogP contribution >= 0.6 is 0 Å². The summed E-state index contributed by atoms with van der Waals surface area (Å²) in [4.78, 5) is 12.8. The third kappa shape index (κ3) is 4.30. The van der Waals surface area contributed by atoms with E-state index in [0.717, 1.165) is 29.1 Å². The Morgan fingerprint density at radius 1 is 0.962 bits per heavy atom. The van der Waals surface area contributed by atoms with Gasteiger partial charge in [-0.05, 0) is 39.3 Å². The summed E-state index contributed by atoms with van der Waals surface area (Å²) in [7, 11) is -3.77. The van der Waals surface area contributed by atoms with Gasteiger partial charge in [-0.3, -0.25) is 4.79 Å². The molecule has 0 N–H and O–H groups in total. The SMILES string of the molecule is CCCCCCCCCC1C(=O)N(S(=O)(=O)c2ccc(C)cc2)C1(C)C. The number of aryl methyl sites for hydroxylation is 1. The number of nitrogens with zero attached hydrogens (tertiary/aromatic N) is 1. The van der Waals surface area contributed by atoms with E-state index >= 15 is 0 Å². The second-order valence-corrected chi connectivity index (χ2v) is 9.82. The monoisotopic (exact) mass is 379 g/mol. The number of benzene rings is 1. The van der Waals surface area contributed by atoms with E-state index < -0.39 is 15.6 Å². The van der Waals surface area contributed by atoms with Gasteiger partial charge in [-0.25, -0.2) is 12.7 Å². The van der Waals surface area contributed by atoms with E-state index in [0.29, 0.717) is 0 Å². The van der Waals surface area contributed by atoms with Crippen molar-refractivity contribution in [3.8, 4) is 0 Å². The highest BCUT2D eigenvalue weighted by Gasteiger charge is 2.58. The molecule has 1 fully saturated rings. The second kappa shape index (κ2) is 8.55. The summed E-state index contributed by atoms with van der Waals surface area (Å²) >= 11 is 0. The van der Waals surface area contributed by atoms with Crippen molar-refractivity contribution in [2.24, 2.45) is 5.92 Å². The number of carbonyl (C=O) groups is 1. The fourth-order valence-electron chi connectivity index (χ4n) is 3.83. The van der Waals surface area contributed by atoms with Crippen LogP contribution in [-0.2, 0) is 14.8 Å². The number of hydrogen-bond donors (Lipinski definition) is 0. The first-order valence-electron chi connectivity index (χ1n) is 9.89. The molecule has 1 unspecified atom stereocenters. The summed E-state index contributed by atoms with van der Waals surface area (Å²) in [6.45, 7) is 7.85. The zero-order chi connectivity index (χ0) is 19.4. The molecule has 1 aliphatic heterocycles. The van der Waals surface area contributed by atoms with Gasteiger partial charge in [0, 0.05) is 0 Å². The fourth-order valence-corrected chi connectivity index (χ4v) is 5.63. The first kappa shape index (κ1) is 20.9. The third-order valence-electron chi connectivity index (χ3n) is 5.53. The van der Waals surface area contributed by atoms with Gasteiger partial charge in [0.1, 0.15) is 0 Å². The predicted molar refractivity (Wildman–Crippen MR) is 105 cm³/mol. The molecule has 0 aliphatic carbocycles. The van der Waals surface area contributed by atoms with Crippen molar-refractivity contribution < 1.29 is 13.2 Å². The molecule has 0 spiro atoms. The van der Waals surface area contributed by atoms with Gasteiger partial charge in [-0.15, -0.1) is 0 Å². The molecule has 5 heteroatoms. The topological polar surface area (TPSA) is 54.5 Å². The summed E-state index contributed by atoms with van der Waals surface area (Å²) in [6.07, 6.45) is 9.16. The molecule has 4 nitrogen and oxygen atoms in total. The smallest absolute Gasteiger partial charge is 0.267 e. The summed E-state index contributed by atoms with van der Waals surface area (Å²) < 4.78 is 26.9. The molecule has 1 aliphatic rings. The molecule has 1 aromatic carbocycles. The van der Waals surface area contributed by atoms with Crippen molar-refractivity contribution in [3.05, 3.63) is 29.8 Å². The van der Waals surface area contributed by atoms with Crippen LogP contribution < -0.4 is 0 Å². The number of unbranched alkanes of at least 4 members (excludes halogenated alkanes) is 6. The Labute approximate surface area is 159 Å². The van der Waals surface area contributed by atoms with E-state index in [1.165, 1.54) is 32.1 Å². The van der Waals surface area contributed by atoms with Gasteiger partial charge >= 0.3 is 0 Å². The van der Waals surface area contributed by atoms with Gasteiger partial charge in [-0.2, -0.15) is 0 Å². The van der Waals surface area contributed by atoms with Crippen LogP contribution in [0.1, 0.15) is 77.7 Å². The first-order valence-corrected chi connectivity index (χ1v) is 11.3. The van der Waals surface area contributed by atoms with Crippen molar-refractivity contribution in [3.63, 3.8) is 0 Å². The molecule has 0 radical (unpaired) electrons. The van der Waals surface area contributed by atoms with E-state index in [2.05, 4.69) is 6.92 Å². The van der Waals surface area contributed by atoms with Crippen LogP contribution in [0.5, 0.6) is 0 Å². The molecule has 0 saturated carbocycles. The van der Waals surface area contributed by atoms with Gasteiger partial charge in [0.2, 0.25) is 5.91 Å². The highest BCUT2D eigenvalue weighted by Crippen LogP contribution is 2.44. The lowest BCUT2D eigenvalue weighted by molar-refractivity contribution is -0.154. The molecule has 2 rings (SSSR count). The van der Waals surface area contributed by atoms with Crippen molar-refractivity contribution >= 4 is 15.9 Å². The summed E-state index contributed by atoms with van der Waals surface area (Å²) in [6, 6.07) is 6.69. The van der Waals surface area contributed by atoms with Crippen LogP contribution in [0.2, 0.25) is 0 Å². The quantitative estimate of drug-likeness (QED) is 0.422. The lowest BCUT2D eigenvalue weighted by Crippen LogP contribution is -2.69. The van der Waals surface area contributed by atoms with E-state index in [1.54, 1.807) is 24.3 Å². The average Bonchev–Trinajstić information content (AvgIpc) is 2.57. The van der Waals surface area contributed by atoms with E-state index in [4.69, 9.17) is 0 Å². The van der Waals surface area contributed by atoms with Crippen molar-refractivity contribution in [2.75, 3.05) is 0 Å². The highest BCUT2D eigenvalue weighted by atomic mass is 32.2. The van der Waals surface area contributed by atoms with Gasteiger partial charge in [0.15, 0.2) is 0 Å².